The number of anilines is 3. The number of allylic oxidation sites excluding steroid dienone is 3. The number of alkyl carbamates (subject to hydrolysis) is 1. The van der Waals surface area contributed by atoms with Crippen LogP contribution in [0, 0.1) is 18.8 Å². The van der Waals surface area contributed by atoms with Crippen LogP contribution in [0.15, 0.2) is 66.3 Å². The smallest absolute Gasteiger partial charge is 0.412 e. The monoisotopic (exact) mass is 1160 g/mol. The third-order valence-electron chi connectivity index (χ3n) is 15.0. The summed E-state index contributed by atoms with van der Waals surface area (Å²) < 4.78 is 29.4. The number of imide groups is 1. The number of rotatable bonds is 20. The van der Waals surface area contributed by atoms with E-state index >= 15 is 0 Å². The highest BCUT2D eigenvalue weighted by Crippen LogP contribution is 2.49. The zero-order valence-corrected chi connectivity index (χ0v) is 48.4. The lowest BCUT2D eigenvalue weighted by Crippen LogP contribution is -2.63. The van der Waals surface area contributed by atoms with Crippen molar-refractivity contribution >= 4 is 82.3 Å². The first-order valence-electron chi connectivity index (χ1n) is 27.2. The fourth-order valence-electron chi connectivity index (χ4n) is 10.2. The molecule has 0 unspecified atom stereocenters. The highest BCUT2D eigenvalue weighted by Gasteiger charge is 2.64. The maximum Gasteiger partial charge on any atom is 0.412 e. The molecule has 9 N–H and O–H groups in total. The minimum Gasteiger partial charge on any atom is -0.495 e. The predicted molar refractivity (Wildman–Crippen MR) is 302 cm³/mol. The molecule has 2 aromatic rings. The van der Waals surface area contributed by atoms with Crippen LogP contribution in [0.3, 0.4) is 0 Å². The number of hydrogen-bond acceptors (Lipinski definition) is 15. The fraction of sp³-hybridized carbons (Fsp3) is 0.526. The van der Waals surface area contributed by atoms with Gasteiger partial charge in [-0.25, -0.2) is 14.4 Å². The van der Waals surface area contributed by atoms with Crippen LogP contribution in [0.1, 0.15) is 97.1 Å². The summed E-state index contributed by atoms with van der Waals surface area (Å²) in [6.45, 7) is 10.8. The number of amides is 10. The van der Waals surface area contributed by atoms with Gasteiger partial charge in [-0.05, 0) is 100 Å². The van der Waals surface area contributed by atoms with Gasteiger partial charge in [0, 0.05) is 69.5 Å². The predicted octanol–water partition coefficient (Wildman–Crippen LogP) is 5.18. The average Bonchev–Trinajstić information content (AvgIpc) is 2.00. The van der Waals surface area contributed by atoms with Crippen molar-refractivity contribution in [1.29, 1.82) is 0 Å². The Morgan fingerprint density at radius 2 is 1.68 bits per heavy atom. The Kier molecular flexibility index (Phi) is 21.7. The zero-order chi connectivity index (χ0) is 60.2. The summed E-state index contributed by atoms with van der Waals surface area (Å²) >= 11 is 6.84. The van der Waals surface area contributed by atoms with Gasteiger partial charge in [0.2, 0.25) is 23.6 Å². The summed E-state index contributed by atoms with van der Waals surface area (Å²) in [4.78, 5) is 120. The number of halogens is 1. The van der Waals surface area contributed by atoms with E-state index in [0.717, 1.165) is 16.0 Å². The van der Waals surface area contributed by atoms with Crippen molar-refractivity contribution in [2.45, 2.75) is 147 Å². The number of aryl methyl sites for hydroxylation is 1. The van der Waals surface area contributed by atoms with Crippen LogP contribution in [0.5, 0.6) is 5.75 Å². The van der Waals surface area contributed by atoms with Gasteiger partial charge >= 0.3 is 18.2 Å². The van der Waals surface area contributed by atoms with Crippen LogP contribution >= 0.6 is 11.6 Å². The number of ether oxygens (including phenoxy) is 5. The lowest BCUT2D eigenvalue weighted by atomic mass is 9.83. The molecule has 2 saturated heterocycles. The van der Waals surface area contributed by atoms with E-state index in [0.29, 0.717) is 42.7 Å². The molecule has 4 heterocycles. The van der Waals surface area contributed by atoms with Crippen LogP contribution in [0.25, 0.3) is 0 Å². The maximum atomic E-state index is 14.4. The zero-order valence-electron chi connectivity index (χ0n) is 47.7. The Balaban J connectivity index is 1.16. The molecule has 0 radical (unpaired) electrons. The number of carbonyl (C=O) groups excluding carboxylic acids is 9. The van der Waals surface area contributed by atoms with E-state index in [2.05, 4.69) is 31.9 Å². The van der Waals surface area contributed by atoms with Crippen LogP contribution in [0.4, 0.5) is 31.4 Å². The molecule has 82 heavy (non-hydrogen) atoms. The van der Waals surface area contributed by atoms with E-state index in [-0.39, 0.29) is 67.0 Å². The molecule has 2 fully saturated rings. The van der Waals surface area contributed by atoms with Gasteiger partial charge in [0.05, 0.1) is 25.3 Å². The third kappa shape index (κ3) is 16.3. The average molecular weight is 1160 g/mol. The SMILES string of the molecule is COc1cc2cc(c1Cl)N(C)C(=O)C[C@H](OC(=O)Nc1ccc(NC(=O)[C@H](CCCNC(N)=O)NC(=O)[C@@H](NC(=O)CCCCCN3C(=O)C=CC3=O)C(C)C)cc1C)[C@]1(C)O[C@H]1[C@H](C)[C@@H]1C[C@@](O)(NC(=O)O1)[C@H](OC)/C=C/C=C(\C)C2. The second-order valence-corrected chi connectivity index (χ2v) is 22.0. The molecule has 2 aromatic carbocycles. The van der Waals surface area contributed by atoms with Crippen LogP contribution in [0.2, 0.25) is 5.02 Å². The number of nitrogens with two attached hydrogens (primary N) is 1. The fourth-order valence-corrected chi connectivity index (χ4v) is 10.5. The number of urea groups is 1. The number of carbonyl (C=O) groups is 9. The molecular weight excluding hydrogens is 1090 g/mol. The van der Waals surface area contributed by atoms with Crippen molar-refractivity contribution in [3.63, 3.8) is 0 Å². The summed E-state index contributed by atoms with van der Waals surface area (Å²) in [6, 6.07) is 5.18. The van der Waals surface area contributed by atoms with Crippen LogP contribution < -0.4 is 47.3 Å². The van der Waals surface area contributed by atoms with E-state index in [1.165, 1.54) is 50.5 Å². The molecule has 4 aliphatic rings. The molecule has 0 aliphatic carbocycles. The quantitative estimate of drug-likeness (QED) is 0.0481. The molecule has 9 atom stereocenters. The van der Waals surface area contributed by atoms with Crippen molar-refractivity contribution < 1.29 is 71.9 Å². The normalized spacial score (nSPS) is 25.3. The standard InChI is InChI=1S/C57H76ClN9O15/c1-31(2)49(64-44(68)18-11-10-12-24-67-45(69)21-22-46(67)70)52(73)62-38(16-14-23-60-53(59)74)51(72)61-36-19-20-37(33(4)26-36)63-54(75)81-43-29-47(71)66(7)39-27-35(28-40(78-8)48(39)58)25-32(3)15-13-17-42(79-9)57(77)30-41(80-55(76)65-57)34(5)50-56(43,6)82-50/h13,15,17,19-22,26-28,31,34,38,41-43,49-50,77H,10-12,14,16,18,23-25,29-30H2,1-9H3,(H,61,72)(H,62,73)(H,63,75)(H,64,68)(H,65,76)(H3,59,60,74)/b17-13+,32-15+/t34-,38+,41+,42-,43+,49+,50+,56+,57+/m1/s1. The number of nitrogens with one attached hydrogen (secondary N) is 6. The van der Waals surface area contributed by atoms with Gasteiger partial charge in [0.25, 0.3) is 11.8 Å². The molecule has 4 bridgehead atoms. The molecular formula is C57H76ClN9O15. The number of epoxide rings is 1. The third-order valence-corrected chi connectivity index (χ3v) is 15.4. The number of nitrogens with zero attached hydrogens (tertiary/aromatic N) is 2. The first-order chi connectivity index (χ1) is 38.8. The van der Waals surface area contributed by atoms with E-state index in [4.69, 9.17) is 41.0 Å². The summed E-state index contributed by atoms with van der Waals surface area (Å²) in [5.74, 6) is -3.60. The number of primary amides is 1. The van der Waals surface area contributed by atoms with E-state index in [9.17, 15) is 48.3 Å². The maximum absolute atomic E-state index is 14.4. The Labute approximate surface area is 481 Å². The Hall–Kier alpha value is -7.54. The van der Waals surface area contributed by atoms with Crippen LogP contribution in [-0.2, 0) is 54.1 Å². The van der Waals surface area contributed by atoms with Crippen LogP contribution in [-0.4, -0.2) is 146 Å². The number of fused-ring (bicyclic) bond motifs is 5. The number of unbranched alkanes of at least 4 members (excludes halogenated alkanes) is 2. The Morgan fingerprint density at radius 1 is 0.963 bits per heavy atom. The molecule has 0 aromatic heterocycles. The minimum atomic E-state index is -1.90. The molecule has 25 heteroatoms. The molecule has 10 amide bonds. The van der Waals surface area contributed by atoms with Crippen molar-refractivity contribution in [2.75, 3.05) is 49.9 Å². The van der Waals surface area contributed by atoms with Gasteiger partial charge in [-0.15, -0.1) is 0 Å². The Bertz CT molecular complexity index is 2840. The van der Waals surface area contributed by atoms with Gasteiger partial charge in [-0.1, -0.05) is 62.6 Å². The Morgan fingerprint density at radius 3 is 2.34 bits per heavy atom. The van der Waals surface area contributed by atoms with Crippen molar-refractivity contribution in [2.24, 2.45) is 17.6 Å². The van der Waals surface area contributed by atoms with Gasteiger partial charge < -0.3 is 60.7 Å². The topological polar surface area (TPSA) is 328 Å². The lowest BCUT2D eigenvalue weighted by molar-refractivity contribution is -0.142. The number of benzene rings is 2. The summed E-state index contributed by atoms with van der Waals surface area (Å²) in [6.07, 6.45) is 3.52. The summed E-state index contributed by atoms with van der Waals surface area (Å²) in [5.41, 5.74) is 5.01. The highest BCUT2D eigenvalue weighted by atomic mass is 35.5. The second-order valence-electron chi connectivity index (χ2n) is 21.6. The van der Waals surface area contributed by atoms with Crippen molar-refractivity contribution in [3.8, 4) is 5.75 Å². The minimum absolute atomic E-state index is 0.0579. The van der Waals surface area contributed by atoms with E-state index in [1.807, 2.05) is 13.0 Å². The molecule has 24 nitrogen and oxygen atoms in total. The van der Waals surface area contributed by atoms with E-state index in [1.54, 1.807) is 65.0 Å². The first kappa shape index (κ1) is 63.6. The molecule has 446 valence electrons. The summed E-state index contributed by atoms with van der Waals surface area (Å²) in [7, 11) is 4.40. The molecule has 0 saturated carbocycles. The second kappa shape index (κ2) is 28.0. The van der Waals surface area contributed by atoms with Gasteiger partial charge in [0.1, 0.15) is 46.8 Å². The van der Waals surface area contributed by atoms with Crippen molar-refractivity contribution in [3.05, 3.63) is 82.4 Å². The largest absolute Gasteiger partial charge is 0.495 e. The first-order valence-corrected chi connectivity index (χ1v) is 27.6. The number of methoxy groups -OCH3 is 2. The van der Waals surface area contributed by atoms with Gasteiger partial charge in [-0.2, -0.15) is 0 Å². The van der Waals surface area contributed by atoms with Crippen molar-refractivity contribution in [1.82, 2.24) is 26.2 Å². The van der Waals surface area contributed by atoms with Gasteiger partial charge in [-0.3, -0.25) is 44.3 Å². The van der Waals surface area contributed by atoms with Gasteiger partial charge in [0.15, 0.2) is 5.72 Å². The van der Waals surface area contributed by atoms with E-state index < -0.39 is 108 Å². The lowest BCUT2D eigenvalue weighted by Gasteiger charge is -2.42. The molecule has 6 rings (SSSR count). The number of hydrogen-bond donors (Lipinski definition) is 8. The summed E-state index contributed by atoms with van der Waals surface area (Å²) in [5, 5.41) is 28.1. The number of aliphatic hydroxyl groups is 1. The molecule has 0 spiro atoms. The molecule has 4 aliphatic heterocycles. The highest BCUT2D eigenvalue weighted by molar-refractivity contribution is 6.35.